The van der Waals surface area contributed by atoms with Gasteiger partial charge < -0.3 is 137 Å². The van der Waals surface area contributed by atoms with Crippen LogP contribution in [0.2, 0.25) is 0 Å². The molecule has 0 saturated carbocycles. The molecule has 2 aromatic rings. The Kier molecular flexibility index (Phi) is 46.4. The fourth-order valence-corrected chi connectivity index (χ4v) is 19.2. The Morgan fingerprint density at radius 2 is 0.979 bits per heavy atom. The number of hydrogen-bond donors (Lipinski definition) is 21. The minimum absolute atomic E-state index is 0.00350. The molecule has 140 heavy (non-hydrogen) atoms. The van der Waals surface area contributed by atoms with E-state index in [1.807, 2.05) is 0 Å². The molecule has 50 heteroatoms. The normalized spacial score (nSPS) is 26.4. The smallest absolute Gasteiger partial charge is 0.246 e. The number of aromatic amines is 1. The molecule has 0 aliphatic carbocycles. The van der Waals surface area contributed by atoms with E-state index in [2.05, 4.69) is 79.4 Å². The molecule has 5 saturated heterocycles. The van der Waals surface area contributed by atoms with Crippen LogP contribution in [0.3, 0.4) is 0 Å². The van der Waals surface area contributed by atoms with E-state index < -0.39 is 296 Å². The summed E-state index contributed by atoms with van der Waals surface area (Å²) in [7, 11) is 0. The van der Waals surface area contributed by atoms with Crippen molar-refractivity contribution < 1.29 is 111 Å². The number of aliphatic hydroxyl groups excluding tert-OH is 2. The lowest BCUT2D eigenvalue weighted by Crippen LogP contribution is -2.62. The number of nitrogens with two attached hydrogens (primary N) is 4. The van der Waals surface area contributed by atoms with Crippen molar-refractivity contribution in [3.63, 3.8) is 0 Å². The summed E-state index contributed by atoms with van der Waals surface area (Å²) in [5.41, 5.74) is 24.4. The number of aliphatic hydroxyl groups is 2. The number of carbonyl (C=O) groups is 21. The highest BCUT2D eigenvalue weighted by atomic mass is 32.2. The molecular weight excluding hydrogens is 1880 g/mol. The number of nitrogens with one attached hydrogen (secondary N) is 15. The summed E-state index contributed by atoms with van der Waals surface area (Å²) in [4.78, 5) is 313. The molecule has 6 heterocycles. The van der Waals surface area contributed by atoms with Crippen LogP contribution in [-0.4, -0.2) is 354 Å². The van der Waals surface area contributed by atoms with Gasteiger partial charge in [-0.05, 0) is 127 Å². The average molecular weight is 2020 g/mol. The topological polar surface area (TPSA) is 703 Å². The first-order chi connectivity index (χ1) is 66.2. The summed E-state index contributed by atoms with van der Waals surface area (Å²) in [6.07, 6.45) is -1.65. The molecule has 17 atom stereocenters. The van der Waals surface area contributed by atoms with Crippen molar-refractivity contribution in [1.82, 2.24) is 104 Å². The van der Waals surface area contributed by atoms with Crippen LogP contribution in [-0.2, 0) is 107 Å². The predicted octanol–water partition coefficient (Wildman–Crippen LogP) is -6.10. The second-order valence-corrected chi connectivity index (χ2v) is 40.9. The number of carbonyl (C=O) groups excluding carboxylic acids is 21. The van der Waals surface area contributed by atoms with Gasteiger partial charge in [-0.25, -0.2) is 0 Å². The van der Waals surface area contributed by atoms with Crippen LogP contribution >= 0.6 is 35.3 Å². The predicted molar refractivity (Wildman–Crippen MR) is 518 cm³/mol. The number of unbranched alkanes of at least 4 members (excludes halogenated alkanes) is 1. The number of para-hydroxylation sites is 1. The number of aromatic nitrogens is 1. The Labute approximate surface area is 825 Å². The summed E-state index contributed by atoms with van der Waals surface area (Å²) >= 11 is 2.95. The lowest BCUT2D eigenvalue weighted by atomic mass is 9.99. The third kappa shape index (κ3) is 35.3. The van der Waals surface area contributed by atoms with Gasteiger partial charge in [-0.1, -0.05) is 73.6 Å². The molecule has 4 bridgehead atoms. The first kappa shape index (κ1) is 115. The molecule has 5 aliphatic heterocycles. The van der Waals surface area contributed by atoms with Crippen molar-refractivity contribution in [3.05, 3.63) is 36.0 Å². The molecular formula is C90H142N24O23S3. The van der Waals surface area contributed by atoms with Crippen LogP contribution in [0, 0.1) is 23.7 Å². The van der Waals surface area contributed by atoms with Crippen LogP contribution in [0.15, 0.2) is 30.5 Å². The van der Waals surface area contributed by atoms with E-state index in [0.717, 1.165) is 47.1 Å². The SMILES string of the molecule is CC(C)C[C@@H]1NC(=O)[C@@H]2CSCCC(=O)N3CN(CN(C3)C(=O)CCSC[C@H](NC(=O)[C@H](C)N)C(=O)N3CCC[C@H]3C(=O)N[C@@H](CC(C)C)C(=O)N[C@@H](C(C)C)C(=O)N[C@@H](CC(N)=O)C(=O)N3CCC[C@H]3C(=O)N[C@@H](CC(C)C)C(=O)N2)C(=O)CCSC[C@@H](C(=O)N[C@@H](C)C(N)=O)NC(=O)[C@H](CCCCN)NC(=O)[C@H](Cc2c[nH]c3ccccc23)NC(=O)CNC(=O)[C@H](CO)NC(=O)[C@H]([C@@H](C)O)NC1=O. The third-order valence-corrected chi connectivity index (χ3v) is 27.2. The van der Waals surface area contributed by atoms with Gasteiger partial charge in [0.05, 0.1) is 51.7 Å². The summed E-state index contributed by atoms with van der Waals surface area (Å²) in [5, 5.41) is 58.6. The fourth-order valence-electron chi connectivity index (χ4n) is 16.3. The zero-order chi connectivity index (χ0) is 104. The van der Waals surface area contributed by atoms with E-state index in [4.69, 9.17) is 22.9 Å². The van der Waals surface area contributed by atoms with Crippen LogP contribution < -0.4 is 97.4 Å². The molecule has 47 nitrogen and oxygen atoms in total. The van der Waals surface area contributed by atoms with Crippen molar-refractivity contribution >= 4 is 170 Å². The highest BCUT2D eigenvalue weighted by Gasteiger charge is 2.46. The summed E-state index contributed by atoms with van der Waals surface area (Å²) in [6.45, 7) is 14.0. The fraction of sp³-hybridized carbons (Fsp3) is 0.678. The zero-order valence-electron chi connectivity index (χ0n) is 81.3. The van der Waals surface area contributed by atoms with Crippen LogP contribution in [0.4, 0.5) is 0 Å². The molecule has 5 fully saturated rings. The Morgan fingerprint density at radius 1 is 0.507 bits per heavy atom. The van der Waals surface area contributed by atoms with Gasteiger partial charge in [-0.2, -0.15) is 35.3 Å². The zero-order valence-corrected chi connectivity index (χ0v) is 83.7. The number of primary amides is 2. The molecule has 25 N–H and O–H groups in total. The highest BCUT2D eigenvalue weighted by Crippen LogP contribution is 2.27. The number of fused-ring (bicyclic) bond motifs is 10. The number of H-pyrrole nitrogens is 1. The standard InChI is InChI=1S/C90H142N24O23S3/c1-46(2)32-57-79(126)106-64-41-139-30-24-71(120)111-43-110(44-112(45-111)72(121)25-31-140-42-65(107-76(123)50(9)92)90(137)114-28-17-22-67(114)86(133)102-59(34-48(5)6)81(128)108-73(49(7)8)87(134)103-61(36-68(93)117)89(136)113-27-16-21-66(113)85(132)101-57)70(119)23-29-138-40-63(83(130)97-51(10)75(94)122)105-78(125)56(20-14-15-26-91)99-80(127)60(35-53-37-95-55-19-13-12-18-54(53)55)98-69(118)38-96-77(124)62(39-115)104-88(135)74(52(11)116)109-82(129)58(33-47(3)4)100-84(64)131/h12-13,18-19,37,46-52,56-67,73-74,95,115-116H,14-17,20-36,38-45,91-92H2,1-11H3,(H2,93,117)(H2,94,122)(H,96,124)(H,97,130)(H,98,118)(H,99,127)(H,100,131)(H,101,132)(H,102,133)(H,103,134)(H,104,135)(H,105,125)(H,106,126)(H,107,123)(H,108,128)(H,109,129)/t50-,51-,52+,56-,57-,58-,59-,60-,61-,62-,63-,64-,65-,66-,67-,73-,74-/m0/s1. The molecule has 778 valence electrons. The van der Waals surface area contributed by atoms with E-state index in [9.17, 15) is 101 Å². The monoisotopic (exact) mass is 2020 g/mol. The lowest BCUT2D eigenvalue weighted by Gasteiger charge is -2.42. The quantitative estimate of drug-likeness (QED) is 0.0488. The minimum Gasteiger partial charge on any atom is -0.394 e. The Morgan fingerprint density at radius 3 is 1.49 bits per heavy atom. The van der Waals surface area contributed by atoms with E-state index in [0.29, 0.717) is 29.3 Å². The van der Waals surface area contributed by atoms with Crippen molar-refractivity contribution in [2.45, 2.75) is 275 Å². The number of rotatable bonds is 22. The molecule has 1 aromatic carbocycles. The van der Waals surface area contributed by atoms with Crippen molar-refractivity contribution in [2.24, 2.45) is 46.6 Å². The summed E-state index contributed by atoms with van der Waals surface area (Å²) in [6, 6.07) is -17.3. The molecule has 7 rings (SSSR count). The van der Waals surface area contributed by atoms with E-state index in [-0.39, 0.29) is 125 Å². The Balaban J connectivity index is 1.32. The van der Waals surface area contributed by atoms with Crippen molar-refractivity contribution in [2.75, 3.05) is 87.3 Å². The number of hydrogen-bond acceptors (Lipinski definition) is 28. The minimum atomic E-state index is -1.97. The lowest BCUT2D eigenvalue weighted by molar-refractivity contribution is -0.158. The molecule has 5 aliphatic rings. The van der Waals surface area contributed by atoms with Crippen LogP contribution in [0.25, 0.3) is 10.9 Å². The first-order valence-corrected chi connectivity index (χ1v) is 50.9. The largest absolute Gasteiger partial charge is 0.394 e. The van der Waals surface area contributed by atoms with Gasteiger partial charge in [-0.3, -0.25) is 101 Å². The van der Waals surface area contributed by atoms with Crippen molar-refractivity contribution in [3.8, 4) is 0 Å². The van der Waals surface area contributed by atoms with Gasteiger partial charge in [0.25, 0.3) is 0 Å². The van der Waals surface area contributed by atoms with E-state index in [1.165, 1.54) is 33.4 Å². The maximum atomic E-state index is 15.3. The highest BCUT2D eigenvalue weighted by molar-refractivity contribution is 7.99. The molecule has 1 aromatic heterocycles. The van der Waals surface area contributed by atoms with Crippen LogP contribution in [0.5, 0.6) is 0 Å². The average Bonchev–Trinajstić information content (AvgIpc) is 1.81. The number of amides is 21. The van der Waals surface area contributed by atoms with Gasteiger partial charge in [0.1, 0.15) is 90.6 Å². The maximum Gasteiger partial charge on any atom is 0.246 e. The first-order valence-electron chi connectivity index (χ1n) is 47.5. The number of thioether (sulfide) groups is 3. The molecule has 0 unspecified atom stereocenters. The van der Waals surface area contributed by atoms with Gasteiger partial charge in [0.15, 0.2) is 0 Å². The number of benzene rings is 1. The van der Waals surface area contributed by atoms with Gasteiger partial charge in [0, 0.05) is 90.4 Å². The Bertz CT molecular complexity index is 4740. The maximum absolute atomic E-state index is 15.3. The second-order valence-electron chi connectivity index (χ2n) is 37.4. The van der Waals surface area contributed by atoms with E-state index >= 15 is 9.59 Å². The Hall–Kier alpha value is -11.5. The third-order valence-electron chi connectivity index (χ3n) is 24.0. The van der Waals surface area contributed by atoms with E-state index in [1.54, 1.807) is 85.9 Å². The van der Waals surface area contributed by atoms with Crippen LogP contribution in [0.1, 0.15) is 172 Å². The summed E-state index contributed by atoms with van der Waals surface area (Å²) in [5.74, 6) is -22.4. The van der Waals surface area contributed by atoms with Gasteiger partial charge in [0.2, 0.25) is 124 Å². The number of nitrogens with zero attached hydrogens (tertiary/aromatic N) is 5. The summed E-state index contributed by atoms with van der Waals surface area (Å²) < 4.78 is 0. The van der Waals surface area contributed by atoms with Gasteiger partial charge >= 0.3 is 0 Å². The van der Waals surface area contributed by atoms with Crippen molar-refractivity contribution in [1.29, 1.82) is 0 Å². The molecule has 0 spiro atoms. The second kappa shape index (κ2) is 56.2. The molecule has 0 radical (unpaired) electrons. The van der Waals surface area contributed by atoms with Gasteiger partial charge in [-0.15, -0.1) is 0 Å². The molecule has 21 amide bonds.